The molecule has 0 aliphatic rings. The fourth-order valence-electron chi connectivity index (χ4n) is 3.24. The van der Waals surface area contributed by atoms with Crippen molar-refractivity contribution in [2.45, 2.75) is 27.3 Å². The lowest BCUT2D eigenvalue weighted by molar-refractivity contribution is -0.133. The van der Waals surface area contributed by atoms with Gasteiger partial charge < -0.3 is 19.5 Å². The van der Waals surface area contributed by atoms with E-state index in [0.29, 0.717) is 28.0 Å². The van der Waals surface area contributed by atoms with Gasteiger partial charge in [-0.2, -0.15) is 0 Å². The minimum atomic E-state index is -0.717. The number of fused-ring (bicyclic) bond motifs is 1. The number of carbonyl (C=O) groups excluding carboxylic acids is 2. The Balaban J connectivity index is 2.10. The van der Waals surface area contributed by atoms with Crippen LogP contribution in [0.25, 0.3) is 10.8 Å². The van der Waals surface area contributed by atoms with Crippen molar-refractivity contribution in [1.29, 1.82) is 0 Å². The first-order valence-corrected chi connectivity index (χ1v) is 10.1. The van der Waals surface area contributed by atoms with Crippen molar-refractivity contribution < 1.29 is 24.2 Å². The third-order valence-corrected chi connectivity index (χ3v) is 4.73. The summed E-state index contributed by atoms with van der Waals surface area (Å²) < 4.78 is 10.9. The average molecular weight is 422 g/mol. The molecule has 3 rings (SSSR count). The van der Waals surface area contributed by atoms with E-state index in [1.54, 1.807) is 37.1 Å². The highest BCUT2D eigenvalue weighted by Gasteiger charge is 2.23. The molecule has 31 heavy (non-hydrogen) atoms. The van der Waals surface area contributed by atoms with Gasteiger partial charge in [0.1, 0.15) is 11.5 Å². The number of carbonyl (C=O) groups is 2. The Bertz CT molecular complexity index is 1100. The van der Waals surface area contributed by atoms with Gasteiger partial charge in [0.2, 0.25) is 5.91 Å². The SMILES string of the molecule is CCOC(=O)c1nc(CN(C)C(=O)C(C)C)c2cc(Oc3ccccc3)ccc2c1O. The second-order valence-corrected chi connectivity index (χ2v) is 7.45. The second kappa shape index (κ2) is 9.47. The Morgan fingerprint density at radius 1 is 1.06 bits per heavy atom. The molecule has 2 aromatic carbocycles. The van der Waals surface area contributed by atoms with Crippen molar-refractivity contribution >= 4 is 22.6 Å². The molecule has 1 aromatic heterocycles. The molecule has 0 aliphatic heterocycles. The maximum atomic E-state index is 12.4. The molecule has 7 nitrogen and oxygen atoms in total. The van der Waals surface area contributed by atoms with Crippen LogP contribution in [-0.4, -0.2) is 40.5 Å². The predicted octanol–water partition coefficient (Wildman–Crippen LogP) is 4.52. The lowest BCUT2D eigenvalue weighted by Crippen LogP contribution is -2.30. The van der Waals surface area contributed by atoms with E-state index in [-0.39, 0.29) is 36.4 Å². The molecule has 0 aliphatic carbocycles. The molecule has 0 unspecified atom stereocenters. The van der Waals surface area contributed by atoms with E-state index in [9.17, 15) is 14.7 Å². The molecule has 0 fully saturated rings. The summed E-state index contributed by atoms with van der Waals surface area (Å²) >= 11 is 0. The number of ether oxygens (including phenoxy) is 2. The van der Waals surface area contributed by atoms with E-state index in [1.165, 1.54) is 0 Å². The molecule has 1 amide bonds. The summed E-state index contributed by atoms with van der Waals surface area (Å²) in [5.74, 6) is -0.0158. The van der Waals surface area contributed by atoms with Crippen molar-refractivity contribution in [3.8, 4) is 17.2 Å². The van der Waals surface area contributed by atoms with E-state index in [1.807, 2.05) is 44.2 Å². The molecule has 3 aromatic rings. The number of amides is 1. The zero-order valence-electron chi connectivity index (χ0n) is 18.1. The van der Waals surface area contributed by atoms with Crippen molar-refractivity contribution in [3.63, 3.8) is 0 Å². The van der Waals surface area contributed by atoms with Gasteiger partial charge in [-0.1, -0.05) is 32.0 Å². The largest absolute Gasteiger partial charge is 0.505 e. The van der Waals surface area contributed by atoms with Crippen LogP contribution < -0.4 is 4.74 Å². The Kier molecular flexibility index (Phi) is 6.74. The number of aromatic hydroxyl groups is 1. The van der Waals surface area contributed by atoms with Crippen LogP contribution in [0.2, 0.25) is 0 Å². The Morgan fingerprint density at radius 3 is 2.42 bits per heavy atom. The van der Waals surface area contributed by atoms with Crippen LogP contribution in [0, 0.1) is 5.92 Å². The summed E-state index contributed by atoms with van der Waals surface area (Å²) in [6.07, 6.45) is 0. The highest BCUT2D eigenvalue weighted by molar-refractivity contribution is 6.00. The van der Waals surface area contributed by atoms with E-state index >= 15 is 0 Å². The van der Waals surface area contributed by atoms with Gasteiger partial charge >= 0.3 is 5.97 Å². The summed E-state index contributed by atoms with van der Waals surface area (Å²) in [5, 5.41) is 11.7. The van der Waals surface area contributed by atoms with Gasteiger partial charge in [-0.3, -0.25) is 4.79 Å². The monoisotopic (exact) mass is 422 g/mol. The van der Waals surface area contributed by atoms with Gasteiger partial charge in [-0.15, -0.1) is 0 Å². The number of rotatable bonds is 7. The third kappa shape index (κ3) is 4.94. The van der Waals surface area contributed by atoms with Crippen LogP contribution in [0.1, 0.15) is 37.0 Å². The summed E-state index contributed by atoms with van der Waals surface area (Å²) in [5.41, 5.74) is 0.289. The maximum absolute atomic E-state index is 12.4. The molecule has 0 radical (unpaired) electrons. The number of hydrogen-bond acceptors (Lipinski definition) is 6. The van der Waals surface area contributed by atoms with E-state index in [0.717, 1.165) is 0 Å². The molecule has 0 atom stereocenters. The van der Waals surface area contributed by atoms with E-state index in [4.69, 9.17) is 9.47 Å². The van der Waals surface area contributed by atoms with E-state index < -0.39 is 5.97 Å². The van der Waals surface area contributed by atoms with Gasteiger partial charge in [0.25, 0.3) is 0 Å². The first-order chi connectivity index (χ1) is 14.8. The Labute approximate surface area is 181 Å². The standard InChI is InChI=1S/C24H26N2O5/c1-5-30-24(29)21-22(27)18-12-11-17(31-16-9-7-6-8-10-16)13-19(18)20(25-21)14-26(4)23(28)15(2)3/h6-13,15,27H,5,14H2,1-4H3. The minimum Gasteiger partial charge on any atom is -0.505 e. The molecule has 7 heteroatoms. The van der Waals surface area contributed by atoms with Gasteiger partial charge in [-0.25, -0.2) is 9.78 Å². The summed E-state index contributed by atoms with van der Waals surface area (Å²) in [6, 6.07) is 14.4. The van der Waals surface area contributed by atoms with Crippen LogP contribution in [0.15, 0.2) is 48.5 Å². The molecule has 0 spiro atoms. The van der Waals surface area contributed by atoms with Crippen LogP contribution in [0.4, 0.5) is 0 Å². The normalized spacial score (nSPS) is 10.9. The molecule has 0 bridgehead atoms. The van der Waals surface area contributed by atoms with Crippen molar-refractivity contribution in [2.75, 3.05) is 13.7 Å². The first-order valence-electron chi connectivity index (χ1n) is 10.1. The molecule has 162 valence electrons. The highest BCUT2D eigenvalue weighted by Crippen LogP contribution is 2.34. The van der Waals surface area contributed by atoms with Crippen molar-refractivity contribution in [3.05, 3.63) is 59.9 Å². The zero-order valence-corrected chi connectivity index (χ0v) is 18.1. The number of benzene rings is 2. The summed E-state index contributed by atoms with van der Waals surface area (Å²) in [7, 11) is 1.68. The Hall–Kier alpha value is -3.61. The molecular formula is C24H26N2O5. The fraction of sp³-hybridized carbons (Fsp3) is 0.292. The van der Waals surface area contributed by atoms with Crippen LogP contribution in [-0.2, 0) is 16.1 Å². The number of hydrogen-bond donors (Lipinski definition) is 1. The third-order valence-electron chi connectivity index (χ3n) is 4.73. The first kappa shape index (κ1) is 22.1. The highest BCUT2D eigenvalue weighted by atomic mass is 16.5. The maximum Gasteiger partial charge on any atom is 0.360 e. The van der Waals surface area contributed by atoms with Crippen LogP contribution in [0.5, 0.6) is 17.2 Å². The zero-order chi connectivity index (χ0) is 22.5. The van der Waals surface area contributed by atoms with Gasteiger partial charge in [0.05, 0.1) is 18.8 Å². The molecule has 1 N–H and O–H groups in total. The fourth-order valence-corrected chi connectivity index (χ4v) is 3.24. The quantitative estimate of drug-likeness (QED) is 0.563. The van der Waals surface area contributed by atoms with Crippen molar-refractivity contribution in [1.82, 2.24) is 9.88 Å². The summed E-state index contributed by atoms with van der Waals surface area (Å²) in [4.78, 5) is 30.7. The van der Waals surface area contributed by atoms with Crippen LogP contribution >= 0.6 is 0 Å². The number of esters is 1. The Morgan fingerprint density at radius 2 is 1.77 bits per heavy atom. The lowest BCUT2D eigenvalue weighted by Gasteiger charge is -2.21. The molecule has 0 saturated carbocycles. The van der Waals surface area contributed by atoms with Crippen molar-refractivity contribution in [2.24, 2.45) is 5.92 Å². The molecule has 0 saturated heterocycles. The second-order valence-electron chi connectivity index (χ2n) is 7.45. The number of nitrogens with zero attached hydrogens (tertiary/aromatic N) is 2. The average Bonchev–Trinajstić information content (AvgIpc) is 2.75. The summed E-state index contributed by atoms with van der Waals surface area (Å²) in [6.45, 7) is 5.63. The van der Waals surface area contributed by atoms with Gasteiger partial charge in [0.15, 0.2) is 11.4 Å². The van der Waals surface area contributed by atoms with Crippen LogP contribution in [0.3, 0.4) is 0 Å². The number of aromatic nitrogens is 1. The molecular weight excluding hydrogens is 396 g/mol. The van der Waals surface area contributed by atoms with Gasteiger partial charge in [-0.05, 0) is 37.3 Å². The van der Waals surface area contributed by atoms with Gasteiger partial charge in [0, 0.05) is 23.7 Å². The number of para-hydroxylation sites is 1. The van der Waals surface area contributed by atoms with E-state index in [2.05, 4.69) is 4.98 Å². The number of pyridine rings is 1. The predicted molar refractivity (Wildman–Crippen MR) is 117 cm³/mol. The lowest BCUT2D eigenvalue weighted by atomic mass is 10.1. The molecule has 1 heterocycles. The topological polar surface area (TPSA) is 89.0 Å². The smallest absolute Gasteiger partial charge is 0.360 e. The minimum absolute atomic E-state index is 0.0580.